The van der Waals surface area contributed by atoms with E-state index in [0.717, 1.165) is 68.5 Å². The highest BCUT2D eigenvalue weighted by atomic mass is 19.1. The third kappa shape index (κ3) is 5.81. The monoisotopic (exact) mass is 478 g/mol. The van der Waals surface area contributed by atoms with Crippen molar-refractivity contribution in [2.75, 3.05) is 38.2 Å². The van der Waals surface area contributed by atoms with Gasteiger partial charge in [-0.25, -0.2) is 9.37 Å². The molecule has 2 aromatic heterocycles. The predicted molar refractivity (Wildman–Crippen MR) is 137 cm³/mol. The number of halogens is 1. The number of alkyl halides is 1. The van der Waals surface area contributed by atoms with Crippen molar-refractivity contribution < 1.29 is 9.18 Å². The number of rotatable bonds is 10. The molecule has 2 N–H and O–H groups in total. The van der Waals surface area contributed by atoms with Gasteiger partial charge in [-0.3, -0.25) is 4.79 Å². The molecule has 35 heavy (non-hydrogen) atoms. The highest BCUT2D eigenvalue weighted by Crippen LogP contribution is 2.29. The second kappa shape index (κ2) is 11.2. The van der Waals surface area contributed by atoms with Gasteiger partial charge in [0.15, 0.2) is 0 Å². The zero-order valence-corrected chi connectivity index (χ0v) is 20.3. The molecule has 1 saturated carbocycles. The molecule has 7 nitrogen and oxygen atoms in total. The number of fused-ring (bicyclic) bond motifs is 1. The summed E-state index contributed by atoms with van der Waals surface area (Å²) in [6.07, 6.45) is 10.1. The van der Waals surface area contributed by atoms with E-state index >= 15 is 0 Å². The average molecular weight is 479 g/mol. The second-order valence-corrected chi connectivity index (χ2v) is 9.81. The Balaban J connectivity index is 1.15. The second-order valence-electron chi connectivity index (χ2n) is 9.81. The number of carbonyl (C=O) groups is 1. The number of aromatic nitrogens is 3. The van der Waals surface area contributed by atoms with Gasteiger partial charge in [-0.1, -0.05) is 18.6 Å². The fourth-order valence-electron chi connectivity index (χ4n) is 5.06. The maximum absolute atomic E-state index is 12.6. The maximum Gasteiger partial charge on any atom is 0.229 e. The van der Waals surface area contributed by atoms with Crippen LogP contribution in [0.4, 0.5) is 16.0 Å². The molecule has 5 rings (SSSR count). The number of piperidine rings is 1. The van der Waals surface area contributed by atoms with E-state index in [-0.39, 0.29) is 18.5 Å². The fraction of sp³-hybridized carbons (Fsp3) is 0.519. The van der Waals surface area contributed by atoms with Crippen LogP contribution in [-0.2, 0) is 11.3 Å². The summed E-state index contributed by atoms with van der Waals surface area (Å²) in [5.74, 6) is 1.55. The van der Waals surface area contributed by atoms with Crippen molar-refractivity contribution in [1.29, 1.82) is 0 Å². The van der Waals surface area contributed by atoms with Crippen LogP contribution in [0.1, 0.15) is 50.0 Å². The topological polar surface area (TPSA) is 75.1 Å². The number of nitrogens with one attached hydrogen (secondary N) is 2. The Bertz CT molecular complexity index is 1120. The maximum atomic E-state index is 12.6. The molecule has 186 valence electrons. The minimum Gasteiger partial charge on any atom is -0.356 e. The molecule has 3 aromatic rings. The van der Waals surface area contributed by atoms with Gasteiger partial charge in [0.25, 0.3) is 0 Å². The molecule has 0 bridgehead atoms. The molecular weight excluding hydrogens is 443 g/mol. The van der Waals surface area contributed by atoms with E-state index in [1.165, 1.54) is 12.0 Å². The quantitative estimate of drug-likeness (QED) is 0.416. The van der Waals surface area contributed by atoms with E-state index in [9.17, 15) is 9.18 Å². The highest BCUT2D eigenvalue weighted by Gasteiger charge is 2.24. The Morgan fingerprint density at radius 3 is 2.57 bits per heavy atom. The lowest BCUT2D eigenvalue weighted by molar-refractivity contribution is -0.127. The van der Waals surface area contributed by atoms with Crippen molar-refractivity contribution in [2.24, 2.45) is 5.92 Å². The number of anilines is 2. The van der Waals surface area contributed by atoms with E-state index < -0.39 is 0 Å². The van der Waals surface area contributed by atoms with Crippen molar-refractivity contribution in [3.63, 3.8) is 0 Å². The number of nitrogens with zero attached hydrogens (tertiary/aromatic N) is 4. The van der Waals surface area contributed by atoms with Gasteiger partial charge in [0, 0.05) is 49.0 Å². The van der Waals surface area contributed by atoms with Crippen molar-refractivity contribution in [2.45, 2.75) is 51.0 Å². The molecule has 0 radical (unpaired) electrons. The molecule has 0 unspecified atom stereocenters. The molecule has 3 heterocycles. The third-order valence-corrected chi connectivity index (χ3v) is 7.48. The van der Waals surface area contributed by atoms with Crippen molar-refractivity contribution in [3.05, 3.63) is 48.3 Å². The molecule has 1 aliphatic heterocycles. The van der Waals surface area contributed by atoms with Crippen LogP contribution in [0.5, 0.6) is 0 Å². The number of benzene rings is 1. The summed E-state index contributed by atoms with van der Waals surface area (Å²) in [6.45, 7) is 3.71. The van der Waals surface area contributed by atoms with E-state index in [4.69, 9.17) is 4.98 Å². The van der Waals surface area contributed by atoms with E-state index in [0.29, 0.717) is 25.0 Å². The number of likely N-dealkylation sites (tertiary alicyclic amines) is 1. The van der Waals surface area contributed by atoms with Gasteiger partial charge in [0.05, 0.1) is 0 Å². The molecule has 0 atom stereocenters. The third-order valence-electron chi connectivity index (χ3n) is 7.48. The number of hydrogen-bond donors (Lipinski definition) is 2. The summed E-state index contributed by atoms with van der Waals surface area (Å²) >= 11 is 0. The molecular formula is C27H35FN6O. The van der Waals surface area contributed by atoms with Gasteiger partial charge in [0.1, 0.15) is 12.3 Å². The van der Waals surface area contributed by atoms with Crippen LogP contribution < -0.4 is 10.6 Å². The van der Waals surface area contributed by atoms with Crippen LogP contribution in [0.15, 0.2) is 42.7 Å². The molecule has 8 heteroatoms. The van der Waals surface area contributed by atoms with Crippen LogP contribution in [0.25, 0.3) is 11.0 Å². The minimum absolute atomic E-state index is 0.204. The number of hydrogen-bond acceptors (Lipinski definition) is 5. The van der Waals surface area contributed by atoms with E-state index in [1.807, 2.05) is 18.5 Å². The van der Waals surface area contributed by atoms with Gasteiger partial charge in [0.2, 0.25) is 11.9 Å². The summed E-state index contributed by atoms with van der Waals surface area (Å²) in [7, 11) is 0. The highest BCUT2D eigenvalue weighted by molar-refractivity contribution is 5.79. The van der Waals surface area contributed by atoms with Crippen molar-refractivity contribution >= 4 is 28.6 Å². The lowest BCUT2D eigenvalue weighted by Gasteiger charge is -2.31. The Morgan fingerprint density at radius 1 is 1.06 bits per heavy atom. The molecule has 1 aliphatic carbocycles. The molecule has 0 spiro atoms. The van der Waals surface area contributed by atoms with Crippen LogP contribution in [0.2, 0.25) is 0 Å². The molecule has 1 saturated heterocycles. The van der Waals surface area contributed by atoms with E-state index in [2.05, 4.69) is 49.4 Å². The predicted octanol–water partition coefficient (Wildman–Crippen LogP) is 4.63. The molecule has 2 fully saturated rings. The lowest BCUT2D eigenvalue weighted by atomic mass is 9.85. The van der Waals surface area contributed by atoms with E-state index in [1.54, 1.807) is 0 Å². The van der Waals surface area contributed by atoms with Gasteiger partial charge in [-0.15, -0.1) is 0 Å². The van der Waals surface area contributed by atoms with Crippen LogP contribution in [0, 0.1) is 5.92 Å². The summed E-state index contributed by atoms with van der Waals surface area (Å²) < 4.78 is 14.7. The van der Waals surface area contributed by atoms with Crippen LogP contribution in [-0.4, -0.2) is 58.2 Å². The number of aryl methyl sites for hydroxylation is 1. The first kappa shape index (κ1) is 23.7. The molecule has 1 amide bonds. The van der Waals surface area contributed by atoms with Crippen molar-refractivity contribution in [1.82, 2.24) is 24.8 Å². The first-order valence-corrected chi connectivity index (χ1v) is 12.9. The zero-order valence-electron chi connectivity index (χ0n) is 20.3. The fourth-order valence-corrected chi connectivity index (χ4v) is 5.06. The minimum atomic E-state index is -0.262. The van der Waals surface area contributed by atoms with Gasteiger partial charge >= 0.3 is 0 Å². The lowest BCUT2D eigenvalue weighted by Crippen LogP contribution is -2.35. The number of amides is 1. The van der Waals surface area contributed by atoms with Gasteiger partial charge in [-0.05, 0) is 74.9 Å². The SMILES string of the molecule is O=C(NCCCn1ccc2cnc(Nc3ccc(C4CCN(CCF)CC4)cc3)nc21)C1CCC1. The van der Waals surface area contributed by atoms with Crippen molar-refractivity contribution in [3.8, 4) is 0 Å². The van der Waals surface area contributed by atoms with Gasteiger partial charge < -0.3 is 20.1 Å². The Hall–Kier alpha value is -3.00. The summed E-state index contributed by atoms with van der Waals surface area (Å²) in [4.78, 5) is 23.4. The summed E-state index contributed by atoms with van der Waals surface area (Å²) in [5.41, 5.74) is 3.19. The smallest absolute Gasteiger partial charge is 0.229 e. The average Bonchev–Trinajstić information content (AvgIpc) is 3.24. The number of carbonyl (C=O) groups excluding carboxylic acids is 1. The normalized spacial score (nSPS) is 17.4. The van der Waals surface area contributed by atoms with Crippen LogP contribution >= 0.6 is 0 Å². The summed E-state index contributed by atoms with van der Waals surface area (Å²) in [5, 5.41) is 7.40. The standard InChI is InChI=1S/C27H35FN6O/c28-12-18-33-15-9-21(10-16-33)20-5-7-24(8-6-20)31-27-30-19-23-11-17-34(25(23)32-27)14-2-13-29-26(35)22-3-1-4-22/h5-8,11,17,19,21-22H,1-4,9-10,12-16,18H2,(H,29,35)(H,30,31,32). The van der Waals surface area contributed by atoms with Crippen LogP contribution in [0.3, 0.4) is 0 Å². The largest absolute Gasteiger partial charge is 0.356 e. The first-order chi connectivity index (χ1) is 17.2. The summed E-state index contributed by atoms with van der Waals surface area (Å²) in [6, 6.07) is 10.6. The Kier molecular flexibility index (Phi) is 7.57. The Labute approximate surface area is 206 Å². The van der Waals surface area contributed by atoms with Gasteiger partial charge in [-0.2, -0.15) is 4.98 Å². The zero-order chi connectivity index (χ0) is 24.0. The molecule has 2 aliphatic rings. The first-order valence-electron chi connectivity index (χ1n) is 12.9. The Morgan fingerprint density at radius 2 is 1.86 bits per heavy atom. The molecule has 1 aromatic carbocycles.